The van der Waals surface area contributed by atoms with Crippen LogP contribution in [-0.4, -0.2) is 18.3 Å². The summed E-state index contributed by atoms with van der Waals surface area (Å²) in [6, 6.07) is 7.39. The van der Waals surface area contributed by atoms with Crippen molar-refractivity contribution >= 4 is 11.8 Å². The molecule has 0 radical (unpaired) electrons. The van der Waals surface area contributed by atoms with E-state index in [0.29, 0.717) is 6.04 Å². The molecule has 0 amide bonds. The average Bonchev–Trinajstić information content (AvgIpc) is 2.41. The minimum atomic E-state index is -0.148. The van der Waals surface area contributed by atoms with Crippen molar-refractivity contribution in [1.29, 1.82) is 0 Å². The van der Waals surface area contributed by atoms with Gasteiger partial charge in [0, 0.05) is 16.7 Å². The summed E-state index contributed by atoms with van der Waals surface area (Å²) in [5.41, 5.74) is 0. The lowest BCUT2D eigenvalue weighted by Gasteiger charge is -2.21. The Labute approximate surface area is 121 Å². The molecule has 0 bridgehead atoms. The van der Waals surface area contributed by atoms with Crippen molar-refractivity contribution in [3.63, 3.8) is 0 Å². The zero-order valence-corrected chi connectivity index (χ0v) is 13.1. The molecule has 0 fully saturated rings. The van der Waals surface area contributed by atoms with Crippen LogP contribution in [0.3, 0.4) is 0 Å². The van der Waals surface area contributed by atoms with Crippen molar-refractivity contribution in [3.8, 4) is 0 Å². The summed E-state index contributed by atoms with van der Waals surface area (Å²) in [4.78, 5) is 1.02. The molecule has 0 heterocycles. The smallest absolute Gasteiger partial charge is 0.124 e. The maximum Gasteiger partial charge on any atom is 0.124 e. The summed E-state index contributed by atoms with van der Waals surface area (Å²) in [5.74, 6) is 1.60. The third-order valence-electron chi connectivity index (χ3n) is 3.31. The lowest BCUT2D eigenvalue weighted by atomic mass is 10.0. The number of thioether (sulfide) groups is 1. The normalized spacial score (nSPS) is 14.3. The van der Waals surface area contributed by atoms with E-state index in [-0.39, 0.29) is 5.82 Å². The highest BCUT2D eigenvalue weighted by Crippen LogP contribution is 2.22. The highest BCUT2D eigenvalue weighted by Gasteiger charge is 2.12. The molecule has 0 saturated carbocycles. The predicted octanol–water partition coefficient (Wildman–Crippen LogP) is 4.72. The fourth-order valence-corrected chi connectivity index (χ4v) is 2.98. The van der Waals surface area contributed by atoms with Crippen molar-refractivity contribution in [3.05, 3.63) is 30.1 Å². The number of halogens is 1. The van der Waals surface area contributed by atoms with Crippen molar-refractivity contribution < 1.29 is 4.39 Å². The minimum Gasteiger partial charge on any atom is -0.313 e. The number of hydrogen-bond donors (Lipinski definition) is 1. The first kappa shape index (κ1) is 16.5. The Bertz CT molecular complexity index is 356. The zero-order valence-electron chi connectivity index (χ0n) is 12.3. The molecule has 0 aliphatic rings. The molecule has 3 heteroatoms. The summed E-state index contributed by atoms with van der Waals surface area (Å²) in [5, 5.41) is 3.60. The highest BCUT2D eigenvalue weighted by molar-refractivity contribution is 7.99. The van der Waals surface area contributed by atoms with Gasteiger partial charge >= 0.3 is 0 Å². The molecule has 1 N–H and O–H groups in total. The van der Waals surface area contributed by atoms with Crippen molar-refractivity contribution in [2.24, 2.45) is 5.92 Å². The summed E-state index contributed by atoms with van der Waals surface area (Å²) < 4.78 is 13.1. The molecular weight excluding hydrogens is 257 g/mol. The van der Waals surface area contributed by atoms with E-state index >= 15 is 0 Å². The van der Waals surface area contributed by atoms with E-state index in [9.17, 15) is 4.39 Å². The molecule has 2 atom stereocenters. The lowest BCUT2D eigenvalue weighted by molar-refractivity contribution is 0.417. The van der Waals surface area contributed by atoms with Gasteiger partial charge in [0.1, 0.15) is 5.82 Å². The Morgan fingerprint density at radius 3 is 2.74 bits per heavy atom. The van der Waals surface area contributed by atoms with Gasteiger partial charge in [-0.1, -0.05) is 33.3 Å². The topological polar surface area (TPSA) is 12.0 Å². The van der Waals surface area contributed by atoms with Gasteiger partial charge in [-0.15, -0.1) is 11.8 Å². The summed E-state index contributed by atoms with van der Waals surface area (Å²) >= 11 is 1.74. The minimum absolute atomic E-state index is 0.148. The molecule has 2 unspecified atom stereocenters. The Hall–Kier alpha value is -0.540. The first-order chi connectivity index (χ1) is 9.15. The second kappa shape index (κ2) is 9.38. The molecule has 1 aromatic carbocycles. The molecule has 0 aliphatic carbocycles. The maximum atomic E-state index is 13.1. The van der Waals surface area contributed by atoms with Gasteiger partial charge in [0.2, 0.25) is 0 Å². The third kappa shape index (κ3) is 6.98. The van der Waals surface area contributed by atoms with E-state index in [1.807, 2.05) is 6.07 Å². The van der Waals surface area contributed by atoms with Crippen LogP contribution in [-0.2, 0) is 0 Å². The number of hydrogen-bond acceptors (Lipinski definition) is 2. The summed E-state index contributed by atoms with van der Waals surface area (Å²) in [6.07, 6.45) is 3.56. The molecule has 1 nitrogen and oxygen atoms in total. The number of nitrogens with one attached hydrogen (secondary N) is 1. The number of rotatable bonds is 9. The van der Waals surface area contributed by atoms with Gasteiger partial charge in [-0.3, -0.25) is 0 Å². The molecule has 0 spiro atoms. The quantitative estimate of drug-likeness (QED) is 0.658. The molecule has 19 heavy (non-hydrogen) atoms. The average molecular weight is 283 g/mol. The Morgan fingerprint density at radius 1 is 1.32 bits per heavy atom. The van der Waals surface area contributed by atoms with Crippen LogP contribution in [0.25, 0.3) is 0 Å². The second-order valence-corrected chi connectivity index (χ2v) is 6.26. The first-order valence-electron chi connectivity index (χ1n) is 7.27. The monoisotopic (exact) mass is 283 g/mol. The molecule has 108 valence electrons. The Morgan fingerprint density at radius 2 is 2.11 bits per heavy atom. The largest absolute Gasteiger partial charge is 0.313 e. The summed E-state index contributed by atoms with van der Waals surface area (Å²) in [7, 11) is 0. The van der Waals surface area contributed by atoms with Gasteiger partial charge in [-0.2, -0.15) is 0 Å². The van der Waals surface area contributed by atoms with E-state index in [0.717, 1.165) is 29.5 Å². The Balaban J connectivity index is 2.47. The van der Waals surface area contributed by atoms with Gasteiger partial charge in [0.05, 0.1) is 0 Å². The first-order valence-corrected chi connectivity index (χ1v) is 8.26. The molecule has 0 aliphatic heterocycles. The van der Waals surface area contributed by atoms with Gasteiger partial charge in [0.15, 0.2) is 0 Å². The van der Waals surface area contributed by atoms with Gasteiger partial charge in [-0.25, -0.2) is 4.39 Å². The summed E-state index contributed by atoms with van der Waals surface area (Å²) in [6.45, 7) is 7.78. The van der Waals surface area contributed by atoms with Crippen LogP contribution >= 0.6 is 11.8 Å². The SMILES string of the molecule is CCCNC(CSc1cccc(F)c1)CC(C)CC. The van der Waals surface area contributed by atoms with Crippen LogP contribution in [0.1, 0.15) is 40.0 Å². The van der Waals surface area contributed by atoms with E-state index in [1.165, 1.54) is 18.9 Å². The van der Waals surface area contributed by atoms with Crippen molar-refractivity contribution in [1.82, 2.24) is 5.32 Å². The third-order valence-corrected chi connectivity index (χ3v) is 4.47. The standard InChI is InChI=1S/C16H26FNS/c1-4-9-18-15(10-13(3)5-2)12-19-16-8-6-7-14(17)11-16/h6-8,11,13,15,18H,4-5,9-10,12H2,1-3H3. The van der Waals surface area contributed by atoms with Gasteiger partial charge < -0.3 is 5.32 Å². The predicted molar refractivity (Wildman–Crippen MR) is 83.3 cm³/mol. The second-order valence-electron chi connectivity index (χ2n) is 5.17. The highest BCUT2D eigenvalue weighted by atomic mass is 32.2. The van der Waals surface area contributed by atoms with E-state index in [4.69, 9.17) is 0 Å². The van der Waals surface area contributed by atoms with E-state index in [1.54, 1.807) is 23.9 Å². The maximum absolute atomic E-state index is 13.1. The van der Waals surface area contributed by atoms with Crippen molar-refractivity contribution in [2.45, 2.75) is 51.0 Å². The van der Waals surface area contributed by atoms with Crippen LogP contribution in [0.2, 0.25) is 0 Å². The van der Waals surface area contributed by atoms with Crippen molar-refractivity contribution in [2.75, 3.05) is 12.3 Å². The van der Waals surface area contributed by atoms with E-state index < -0.39 is 0 Å². The molecular formula is C16H26FNS. The van der Waals surface area contributed by atoms with Crippen LogP contribution in [0.15, 0.2) is 29.2 Å². The number of benzene rings is 1. The van der Waals surface area contributed by atoms with Crippen LogP contribution in [0, 0.1) is 11.7 Å². The van der Waals surface area contributed by atoms with E-state index in [2.05, 4.69) is 26.1 Å². The van der Waals surface area contributed by atoms with Crippen LogP contribution in [0.4, 0.5) is 4.39 Å². The van der Waals surface area contributed by atoms with Gasteiger partial charge in [-0.05, 0) is 43.5 Å². The fourth-order valence-electron chi connectivity index (χ4n) is 1.96. The molecule has 0 saturated heterocycles. The molecule has 0 aromatic heterocycles. The fraction of sp³-hybridized carbons (Fsp3) is 0.625. The van der Waals surface area contributed by atoms with Crippen LogP contribution in [0.5, 0.6) is 0 Å². The molecule has 1 rings (SSSR count). The lowest BCUT2D eigenvalue weighted by Crippen LogP contribution is -2.33. The zero-order chi connectivity index (χ0) is 14.1. The van der Waals surface area contributed by atoms with Crippen LogP contribution < -0.4 is 5.32 Å². The molecule has 1 aromatic rings. The van der Waals surface area contributed by atoms with Gasteiger partial charge in [0.25, 0.3) is 0 Å². The Kier molecular flexibility index (Phi) is 8.15.